The third-order valence-electron chi connectivity index (χ3n) is 4.12. The minimum Gasteiger partial charge on any atom is -0.368 e. The molecular weight excluding hydrogens is 270 g/mol. The number of primary amides is 1. The van der Waals surface area contributed by atoms with Crippen molar-refractivity contribution in [3.63, 3.8) is 0 Å². The van der Waals surface area contributed by atoms with Crippen molar-refractivity contribution in [2.24, 2.45) is 16.9 Å². The normalized spacial score (nSPS) is 17.4. The van der Waals surface area contributed by atoms with Crippen LogP contribution in [0.5, 0.6) is 0 Å². The number of aromatic nitrogens is 2. The van der Waals surface area contributed by atoms with Crippen LogP contribution in [0.1, 0.15) is 38.5 Å². The first-order valence-electron chi connectivity index (χ1n) is 7.34. The Labute approximate surface area is 124 Å². The molecular formula is C14H23N5O2. The topological polar surface area (TPSA) is 116 Å². The van der Waals surface area contributed by atoms with E-state index in [0.29, 0.717) is 18.7 Å². The zero-order valence-electron chi connectivity index (χ0n) is 12.2. The van der Waals surface area contributed by atoms with Crippen LogP contribution in [-0.2, 0) is 16.1 Å². The van der Waals surface area contributed by atoms with E-state index in [4.69, 9.17) is 11.5 Å². The molecule has 7 heteroatoms. The Hall–Kier alpha value is -1.89. The molecule has 0 aromatic carbocycles. The van der Waals surface area contributed by atoms with E-state index < -0.39 is 5.91 Å². The molecule has 116 valence electrons. The Balaban J connectivity index is 1.91. The maximum absolute atomic E-state index is 12.2. The fourth-order valence-corrected chi connectivity index (χ4v) is 2.97. The lowest BCUT2D eigenvalue weighted by molar-refractivity contribution is -0.119. The number of carbonyl (C=O) groups is 2. The van der Waals surface area contributed by atoms with Gasteiger partial charge in [-0.05, 0) is 24.8 Å². The molecule has 0 saturated heterocycles. The zero-order valence-corrected chi connectivity index (χ0v) is 12.2. The zero-order chi connectivity index (χ0) is 15.3. The predicted octanol–water partition coefficient (Wildman–Crippen LogP) is 0.606. The maximum atomic E-state index is 12.2. The van der Waals surface area contributed by atoms with E-state index in [1.54, 1.807) is 6.20 Å². The molecule has 0 radical (unpaired) electrons. The molecule has 1 heterocycles. The summed E-state index contributed by atoms with van der Waals surface area (Å²) in [6.45, 7) is 0.546. The van der Waals surface area contributed by atoms with Crippen molar-refractivity contribution in [2.45, 2.75) is 45.1 Å². The number of nitrogens with two attached hydrogens (primary N) is 2. The molecule has 1 fully saturated rings. The van der Waals surface area contributed by atoms with Gasteiger partial charge in [0.1, 0.15) is 6.54 Å². The van der Waals surface area contributed by atoms with Gasteiger partial charge < -0.3 is 16.8 Å². The van der Waals surface area contributed by atoms with Crippen molar-refractivity contribution >= 4 is 17.5 Å². The van der Waals surface area contributed by atoms with E-state index in [0.717, 1.165) is 25.7 Å². The second-order valence-corrected chi connectivity index (χ2v) is 5.88. The molecule has 21 heavy (non-hydrogen) atoms. The summed E-state index contributed by atoms with van der Waals surface area (Å²) in [4.78, 5) is 23.0. The molecule has 2 amide bonds. The van der Waals surface area contributed by atoms with Crippen molar-refractivity contribution in [3.8, 4) is 0 Å². The van der Waals surface area contributed by atoms with Gasteiger partial charge in [0.15, 0.2) is 0 Å². The van der Waals surface area contributed by atoms with E-state index in [1.807, 2.05) is 0 Å². The van der Waals surface area contributed by atoms with Gasteiger partial charge in [0.25, 0.3) is 0 Å². The Morgan fingerprint density at radius 3 is 2.67 bits per heavy atom. The number of hydrogen-bond donors (Lipinski definition) is 3. The van der Waals surface area contributed by atoms with Gasteiger partial charge in [0, 0.05) is 12.6 Å². The lowest BCUT2D eigenvalue weighted by atomic mass is 9.71. The van der Waals surface area contributed by atoms with Crippen LogP contribution in [0.4, 0.5) is 5.69 Å². The minimum atomic E-state index is -0.472. The Kier molecular flexibility index (Phi) is 4.95. The second-order valence-electron chi connectivity index (χ2n) is 5.88. The lowest BCUT2D eigenvalue weighted by Crippen LogP contribution is -2.36. The van der Waals surface area contributed by atoms with Crippen LogP contribution in [-0.4, -0.2) is 28.1 Å². The number of nitrogens with zero attached hydrogens (tertiary/aromatic N) is 2. The van der Waals surface area contributed by atoms with Crippen molar-refractivity contribution in [1.82, 2.24) is 9.78 Å². The van der Waals surface area contributed by atoms with E-state index in [9.17, 15) is 9.59 Å². The Morgan fingerprint density at radius 2 is 2.05 bits per heavy atom. The third kappa shape index (κ3) is 4.29. The van der Waals surface area contributed by atoms with Gasteiger partial charge >= 0.3 is 0 Å². The van der Waals surface area contributed by atoms with Crippen LogP contribution >= 0.6 is 0 Å². The average Bonchev–Trinajstić information content (AvgIpc) is 2.85. The second kappa shape index (κ2) is 6.71. The van der Waals surface area contributed by atoms with E-state index in [1.165, 1.54) is 17.3 Å². The summed E-state index contributed by atoms with van der Waals surface area (Å²) in [6, 6.07) is 0. The van der Waals surface area contributed by atoms with Crippen molar-refractivity contribution in [1.29, 1.82) is 0 Å². The van der Waals surface area contributed by atoms with Crippen LogP contribution in [0.2, 0.25) is 0 Å². The van der Waals surface area contributed by atoms with Gasteiger partial charge in [0.05, 0.1) is 11.9 Å². The largest absolute Gasteiger partial charge is 0.368 e. The molecule has 0 atom stereocenters. The Morgan fingerprint density at radius 1 is 1.33 bits per heavy atom. The van der Waals surface area contributed by atoms with Gasteiger partial charge in [0.2, 0.25) is 11.8 Å². The number of nitrogens with one attached hydrogen (secondary N) is 1. The summed E-state index contributed by atoms with van der Waals surface area (Å²) >= 11 is 0. The fourth-order valence-electron chi connectivity index (χ4n) is 2.97. The van der Waals surface area contributed by atoms with E-state index >= 15 is 0 Å². The van der Waals surface area contributed by atoms with Crippen molar-refractivity contribution in [2.75, 3.05) is 11.9 Å². The summed E-state index contributed by atoms with van der Waals surface area (Å²) < 4.78 is 1.40. The fraction of sp³-hybridized carbons (Fsp3) is 0.643. The lowest BCUT2D eigenvalue weighted by Gasteiger charge is -2.35. The van der Waals surface area contributed by atoms with E-state index in [2.05, 4.69) is 10.4 Å². The SMILES string of the molecule is NCC1(CC(=O)Nc2cnn(CC(N)=O)c2)CCCCC1. The quantitative estimate of drug-likeness (QED) is 0.712. The summed E-state index contributed by atoms with van der Waals surface area (Å²) in [5, 5.41) is 6.78. The molecule has 1 aromatic rings. The molecule has 5 N–H and O–H groups in total. The highest BCUT2D eigenvalue weighted by Gasteiger charge is 2.33. The molecule has 0 unspecified atom stereocenters. The minimum absolute atomic E-state index is 0.00259. The molecule has 1 saturated carbocycles. The molecule has 1 aliphatic rings. The van der Waals surface area contributed by atoms with Crippen LogP contribution in [0, 0.1) is 5.41 Å². The van der Waals surface area contributed by atoms with Crippen molar-refractivity contribution < 1.29 is 9.59 Å². The molecule has 1 aromatic heterocycles. The van der Waals surface area contributed by atoms with Gasteiger partial charge in [-0.3, -0.25) is 14.3 Å². The standard InChI is InChI=1S/C14H23N5O2/c15-10-14(4-2-1-3-5-14)6-13(21)18-11-7-17-19(8-11)9-12(16)20/h7-8H,1-6,9-10,15H2,(H2,16,20)(H,18,21). The Bertz CT molecular complexity index is 505. The summed E-state index contributed by atoms with van der Waals surface area (Å²) in [5.74, 6) is -0.527. The number of rotatable bonds is 6. The number of hydrogen-bond acceptors (Lipinski definition) is 4. The number of amides is 2. The number of carbonyl (C=O) groups excluding carboxylic acids is 2. The monoisotopic (exact) mass is 293 g/mol. The first kappa shape index (κ1) is 15.5. The van der Waals surface area contributed by atoms with Crippen LogP contribution < -0.4 is 16.8 Å². The van der Waals surface area contributed by atoms with Gasteiger partial charge in [-0.25, -0.2) is 0 Å². The predicted molar refractivity (Wildman–Crippen MR) is 79.2 cm³/mol. The van der Waals surface area contributed by atoms with Crippen molar-refractivity contribution in [3.05, 3.63) is 12.4 Å². The molecule has 0 bridgehead atoms. The summed E-state index contributed by atoms with van der Waals surface area (Å²) in [7, 11) is 0. The highest BCUT2D eigenvalue weighted by molar-refractivity contribution is 5.91. The molecule has 2 rings (SSSR count). The highest BCUT2D eigenvalue weighted by atomic mass is 16.2. The van der Waals surface area contributed by atoms with Crippen LogP contribution in [0.25, 0.3) is 0 Å². The van der Waals surface area contributed by atoms with E-state index in [-0.39, 0.29) is 17.9 Å². The maximum Gasteiger partial charge on any atom is 0.239 e. The first-order chi connectivity index (χ1) is 10.0. The van der Waals surface area contributed by atoms with Crippen LogP contribution in [0.15, 0.2) is 12.4 Å². The van der Waals surface area contributed by atoms with Crippen LogP contribution in [0.3, 0.4) is 0 Å². The average molecular weight is 293 g/mol. The summed E-state index contributed by atoms with van der Waals surface area (Å²) in [5.41, 5.74) is 11.5. The van der Waals surface area contributed by atoms with Gasteiger partial charge in [-0.1, -0.05) is 19.3 Å². The molecule has 7 nitrogen and oxygen atoms in total. The molecule has 0 aliphatic heterocycles. The van der Waals surface area contributed by atoms with Gasteiger partial charge in [-0.15, -0.1) is 0 Å². The van der Waals surface area contributed by atoms with Gasteiger partial charge in [-0.2, -0.15) is 5.10 Å². The molecule has 0 spiro atoms. The smallest absolute Gasteiger partial charge is 0.239 e. The highest BCUT2D eigenvalue weighted by Crippen LogP contribution is 2.38. The summed E-state index contributed by atoms with van der Waals surface area (Å²) in [6.07, 6.45) is 9.07. The molecule has 1 aliphatic carbocycles. The number of anilines is 1. The first-order valence-corrected chi connectivity index (χ1v) is 7.34. The third-order valence-corrected chi connectivity index (χ3v) is 4.12.